The van der Waals surface area contributed by atoms with Gasteiger partial charge in [-0.3, -0.25) is 0 Å². The Labute approximate surface area is 127 Å². The van der Waals surface area contributed by atoms with Crippen LogP contribution in [0.15, 0.2) is 29.2 Å². The molecule has 1 fully saturated rings. The molecule has 118 valence electrons. The largest absolute Gasteiger partial charge is 0.389 e. The van der Waals surface area contributed by atoms with E-state index in [0.717, 1.165) is 25.7 Å². The number of hydrogen-bond acceptors (Lipinski definition) is 3. The first kappa shape index (κ1) is 16.5. The van der Waals surface area contributed by atoms with Gasteiger partial charge in [-0.1, -0.05) is 26.0 Å². The third kappa shape index (κ3) is 4.28. The van der Waals surface area contributed by atoms with Gasteiger partial charge in [0, 0.05) is 6.04 Å². The van der Waals surface area contributed by atoms with E-state index in [1.165, 1.54) is 0 Å². The van der Waals surface area contributed by atoms with Crippen molar-refractivity contribution < 1.29 is 13.5 Å². The highest BCUT2D eigenvalue weighted by molar-refractivity contribution is 7.89. The first-order chi connectivity index (χ1) is 9.70. The van der Waals surface area contributed by atoms with Gasteiger partial charge in [0.2, 0.25) is 10.0 Å². The minimum atomic E-state index is -3.51. The van der Waals surface area contributed by atoms with Gasteiger partial charge >= 0.3 is 0 Å². The molecule has 0 aliphatic heterocycles. The summed E-state index contributed by atoms with van der Waals surface area (Å²) in [6, 6.07) is 6.52. The molecule has 1 unspecified atom stereocenters. The lowest BCUT2D eigenvalue weighted by Crippen LogP contribution is -2.39. The van der Waals surface area contributed by atoms with Crippen molar-refractivity contribution in [2.45, 2.75) is 63.5 Å². The number of aliphatic hydroxyl groups excluding tert-OH is 1. The van der Waals surface area contributed by atoms with E-state index >= 15 is 0 Å². The number of benzene rings is 1. The molecule has 1 atom stereocenters. The minimum absolute atomic E-state index is 0.0123. The Kier molecular flexibility index (Phi) is 4.76. The SMILES string of the molecule is CC(O)c1cccc(S(=O)(=O)NC2CCC(C)(C)CC2)c1. The summed E-state index contributed by atoms with van der Waals surface area (Å²) in [5, 5.41) is 9.58. The van der Waals surface area contributed by atoms with Gasteiger partial charge in [0.25, 0.3) is 0 Å². The predicted molar refractivity (Wildman–Crippen MR) is 83.4 cm³/mol. The second-order valence-corrected chi connectivity index (χ2v) is 8.52. The molecule has 21 heavy (non-hydrogen) atoms. The topological polar surface area (TPSA) is 66.4 Å². The van der Waals surface area contributed by atoms with Crippen molar-refractivity contribution in [3.8, 4) is 0 Å². The van der Waals surface area contributed by atoms with Crippen molar-refractivity contribution in [3.05, 3.63) is 29.8 Å². The molecule has 2 N–H and O–H groups in total. The molecule has 1 aliphatic carbocycles. The van der Waals surface area contributed by atoms with Crippen molar-refractivity contribution >= 4 is 10.0 Å². The Morgan fingerprint density at radius 2 is 1.90 bits per heavy atom. The summed E-state index contributed by atoms with van der Waals surface area (Å²) < 4.78 is 27.7. The quantitative estimate of drug-likeness (QED) is 0.898. The maximum atomic E-state index is 12.4. The highest BCUT2D eigenvalue weighted by Gasteiger charge is 2.29. The smallest absolute Gasteiger partial charge is 0.240 e. The number of sulfonamides is 1. The highest BCUT2D eigenvalue weighted by Crippen LogP contribution is 2.35. The molecule has 0 saturated heterocycles. The molecule has 0 heterocycles. The Morgan fingerprint density at radius 3 is 2.48 bits per heavy atom. The average Bonchev–Trinajstić information content (AvgIpc) is 2.41. The molecule has 1 aromatic rings. The van der Waals surface area contributed by atoms with Crippen molar-refractivity contribution in [2.75, 3.05) is 0 Å². The molecule has 0 bridgehead atoms. The van der Waals surface area contributed by atoms with Crippen molar-refractivity contribution in [1.29, 1.82) is 0 Å². The highest BCUT2D eigenvalue weighted by atomic mass is 32.2. The monoisotopic (exact) mass is 311 g/mol. The fourth-order valence-electron chi connectivity index (χ4n) is 2.75. The zero-order valence-electron chi connectivity index (χ0n) is 13.0. The molecule has 0 radical (unpaired) electrons. The van der Waals surface area contributed by atoms with E-state index in [-0.39, 0.29) is 10.9 Å². The fourth-order valence-corrected chi connectivity index (χ4v) is 4.11. The molecule has 5 heteroatoms. The van der Waals surface area contributed by atoms with Crippen molar-refractivity contribution in [2.24, 2.45) is 5.41 Å². The van der Waals surface area contributed by atoms with E-state index in [0.29, 0.717) is 11.0 Å². The third-order valence-corrected chi connectivity index (χ3v) is 5.83. The van der Waals surface area contributed by atoms with Gasteiger partial charge in [0.1, 0.15) is 0 Å². The van der Waals surface area contributed by atoms with Crippen LogP contribution in [0.1, 0.15) is 58.1 Å². The van der Waals surface area contributed by atoms with E-state index < -0.39 is 16.1 Å². The predicted octanol–water partition coefficient (Wildman–Crippen LogP) is 2.99. The van der Waals surface area contributed by atoms with Gasteiger partial charge in [-0.2, -0.15) is 0 Å². The Bertz CT molecular complexity index is 583. The second kappa shape index (κ2) is 6.07. The zero-order chi connectivity index (χ0) is 15.7. The van der Waals surface area contributed by atoms with Crippen LogP contribution in [-0.2, 0) is 10.0 Å². The van der Waals surface area contributed by atoms with E-state index in [4.69, 9.17) is 0 Å². The van der Waals surface area contributed by atoms with Crippen LogP contribution >= 0.6 is 0 Å². The summed E-state index contributed by atoms with van der Waals surface area (Å²) in [6.07, 6.45) is 3.16. The van der Waals surface area contributed by atoms with Gasteiger partial charge in [-0.25, -0.2) is 13.1 Å². The summed E-state index contributed by atoms with van der Waals surface area (Å²) in [6.45, 7) is 6.08. The van der Waals surface area contributed by atoms with E-state index in [2.05, 4.69) is 18.6 Å². The van der Waals surface area contributed by atoms with Gasteiger partial charge in [0.15, 0.2) is 0 Å². The van der Waals surface area contributed by atoms with Crippen LogP contribution in [0.3, 0.4) is 0 Å². The van der Waals surface area contributed by atoms with Gasteiger partial charge in [0.05, 0.1) is 11.0 Å². The first-order valence-electron chi connectivity index (χ1n) is 7.50. The number of aliphatic hydroxyl groups is 1. The van der Waals surface area contributed by atoms with Gasteiger partial charge in [-0.15, -0.1) is 0 Å². The molecule has 4 nitrogen and oxygen atoms in total. The maximum absolute atomic E-state index is 12.4. The molecule has 1 aromatic carbocycles. The summed E-state index contributed by atoms with van der Waals surface area (Å²) in [4.78, 5) is 0.228. The van der Waals surface area contributed by atoms with Crippen molar-refractivity contribution in [3.63, 3.8) is 0 Å². The van der Waals surface area contributed by atoms with Crippen LogP contribution in [-0.4, -0.2) is 19.6 Å². The molecular weight excluding hydrogens is 286 g/mol. The molecule has 1 aliphatic rings. The van der Waals surface area contributed by atoms with Crippen LogP contribution in [0.25, 0.3) is 0 Å². The Morgan fingerprint density at radius 1 is 1.29 bits per heavy atom. The lowest BCUT2D eigenvalue weighted by molar-refractivity contribution is 0.199. The average molecular weight is 311 g/mol. The Balaban J connectivity index is 2.10. The summed E-state index contributed by atoms with van der Waals surface area (Å²) in [7, 11) is -3.51. The first-order valence-corrected chi connectivity index (χ1v) is 8.98. The number of hydrogen-bond donors (Lipinski definition) is 2. The second-order valence-electron chi connectivity index (χ2n) is 6.81. The summed E-state index contributed by atoms with van der Waals surface area (Å²) in [5.74, 6) is 0. The molecular formula is C16H25NO3S. The van der Waals surface area contributed by atoms with Gasteiger partial charge < -0.3 is 5.11 Å². The molecule has 0 spiro atoms. The zero-order valence-corrected chi connectivity index (χ0v) is 13.8. The summed E-state index contributed by atoms with van der Waals surface area (Å²) in [5.41, 5.74) is 0.927. The maximum Gasteiger partial charge on any atom is 0.240 e. The summed E-state index contributed by atoms with van der Waals surface area (Å²) >= 11 is 0. The standard InChI is InChI=1S/C16H25NO3S/c1-12(18)13-5-4-6-15(11-13)21(19,20)17-14-7-9-16(2,3)10-8-14/h4-6,11-12,14,17-18H,7-10H2,1-3H3. The van der Waals surface area contributed by atoms with Crippen LogP contribution in [0.2, 0.25) is 0 Å². The van der Waals surface area contributed by atoms with E-state index in [1.54, 1.807) is 31.2 Å². The van der Waals surface area contributed by atoms with Crippen LogP contribution in [0.5, 0.6) is 0 Å². The van der Waals surface area contributed by atoms with Crippen LogP contribution in [0.4, 0.5) is 0 Å². The molecule has 0 aromatic heterocycles. The molecule has 1 saturated carbocycles. The van der Waals surface area contributed by atoms with Crippen LogP contribution in [0, 0.1) is 5.41 Å². The van der Waals surface area contributed by atoms with Crippen LogP contribution < -0.4 is 4.72 Å². The minimum Gasteiger partial charge on any atom is -0.389 e. The number of rotatable bonds is 4. The lowest BCUT2D eigenvalue weighted by atomic mass is 9.76. The fraction of sp³-hybridized carbons (Fsp3) is 0.625. The van der Waals surface area contributed by atoms with E-state index in [1.807, 2.05) is 0 Å². The molecule has 2 rings (SSSR count). The van der Waals surface area contributed by atoms with E-state index in [9.17, 15) is 13.5 Å². The Hall–Kier alpha value is -0.910. The normalized spacial score (nSPS) is 21.1. The van der Waals surface area contributed by atoms with Crippen molar-refractivity contribution in [1.82, 2.24) is 4.72 Å². The number of nitrogens with one attached hydrogen (secondary N) is 1. The lowest BCUT2D eigenvalue weighted by Gasteiger charge is -2.34. The molecule has 0 amide bonds. The third-order valence-electron chi connectivity index (χ3n) is 4.31. The van der Waals surface area contributed by atoms with Gasteiger partial charge in [-0.05, 0) is 55.7 Å².